The summed E-state index contributed by atoms with van der Waals surface area (Å²) in [5.41, 5.74) is 3.54. The lowest BCUT2D eigenvalue weighted by Gasteiger charge is -2.25. The molecule has 0 saturated heterocycles. The van der Waals surface area contributed by atoms with Crippen LogP contribution in [0.2, 0.25) is 0 Å². The van der Waals surface area contributed by atoms with E-state index < -0.39 is 12.0 Å². The summed E-state index contributed by atoms with van der Waals surface area (Å²) in [6, 6.07) is 22.6. The first-order valence-corrected chi connectivity index (χ1v) is 11.8. The van der Waals surface area contributed by atoms with Crippen LogP contribution >= 0.6 is 0 Å². The van der Waals surface area contributed by atoms with E-state index in [1.165, 1.54) is 12.1 Å². The summed E-state index contributed by atoms with van der Waals surface area (Å²) < 4.78 is 24.8. The van der Waals surface area contributed by atoms with E-state index in [-0.39, 0.29) is 5.82 Å². The Labute approximate surface area is 210 Å². The van der Waals surface area contributed by atoms with Gasteiger partial charge in [0, 0.05) is 18.5 Å². The molecule has 4 rings (SSSR count). The molecule has 1 aromatic heterocycles. The first-order chi connectivity index (χ1) is 17.4. The Hall–Kier alpha value is -3.97. The van der Waals surface area contributed by atoms with Gasteiger partial charge in [-0.3, -0.25) is 9.69 Å². The minimum Gasteiger partial charge on any atom is -0.493 e. The molecular formula is C29H29FN2O4. The number of carboxylic acids is 1. The minimum absolute atomic E-state index is 0.313. The number of carboxylic acid groups (broad SMARTS) is 1. The van der Waals surface area contributed by atoms with Crippen molar-refractivity contribution >= 4 is 5.97 Å². The summed E-state index contributed by atoms with van der Waals surface area (Å²) in [5, 5.41) is 9.76. The maximum Gasteiger partial charge on any atom is 0.321 e. The molecule has 6 nitrogen and oxygen atoms in total. The van der Waals surface area contributed by atoms with Crippen molar-refractivity contribution in [2.45, 2.75) is 32.4 Å². The van der Waals surface area contributed by atoms with Gasteiger partial charge in [0.1, 0.15) is 23.4 Å². The highest BCUT2D eigenvalue weighted by atomic mass is 19.1. The van der Waals surface area contributed by atoms with Crippen LogP contribution in [0.4, 0.5) is 4.39 Å². The summed E-state index contributed by atoms with van der Waals surface area (Å²) >= 11 is 0. The van der Waals surface area contributed by atoms with E-state index in [2.05, 4.69) is 4.98 Å². The number of halogens is 1. The van der Waals surface area contributed by atoms with Crippen molar-refractivity contribution in [3.8, 4) is 17.2 Å². The van der Waals surface area contributed by atoms with Gasteiger partial charge in [-0.25, -0.2) is 9.37 Å². The monoisotopic (exact) mass is 488 g/mol. The maximum absolute atomic E-state index is 13.2. The predicted octanol–water partition coefficient (Wildman–Crippen LogP) is 5.54. The molecule has 7 heteroatoms. The molecule has 0 aliphatic rings. The average molecular weight is 489 g/mol. The average Bonchev–Trinajstić information content (AvgIpc) is 3.25. The summed E-state index contributed by atoms with van der Waals surface area (Å²) in [7, 11) is 1.76. The molecule has 1 unspecified atom stereocenters. The quantitative estimate of drug-likeness (QED) is 0.299. The molecule has 3 aromatic carbocycles. The number of hydrogen-bond acceptors (Lipinski definition) is 5. The number of nitrogens with zero attached hydrogens (tertiary/aromatic N) is 2. The second-order valence-electron chi connectivity index (χ2n) is 8.73. The van der Waals surface area contributed by atoms with Crippen molar-refractivity contribution in [3.05, 3.63) is 107 Å². The van der Waals surface area contributed by atoms with Gasteiger partial charge in [-0.1, -0.05) is 42.5 Å². The predicted molar refractivity (Wildman–Crippen MR) is 135 cm³/mol. The van der Waals surface area contributed by atoms with Gasteiger partial charge in [0.25, 0.3) is 0 Å². The Morgan fingerprint density at radius 1 is 1.03 bits per heavy atom. The van der Waals surface area contributed by atoms with Gasteiger partial charge >= 0.3 is 5.97 Å². The van der Waals surface area contributed by atoms with Gasteiger partial charge in [0.2, 0.25) is 5.89 Å². The molecular weight excluding hydrogens is 459 g/mol. The van der Waals surface area contributed by atoms with Crippen LogP contribution in [0, 0.1) is 12.7 Å². The molecule has 0 fully saturated rings. The van der Waals surface area contributed by atoms with Crippen LogP contribution in [0.5, 0.6) is 5.75 Å². The molecule has 36 heavy (non-hydrogen) atoms. The van der Waals surface area contributed by atoms with Gasteiger partial charge in [-0.15, -0.1) is 0 Å². The van der Waals surface area contributed by atoms with E-state index in [1.807, 2.05) is 61.5 Å². The Morgan fingerprint density at radius 2 is 1.69 bits per heavy atom. The summed E-state index contributed by atoms with van der Waals surface area (Å²) in [6.07, 6.45) is 0.951. The zero-order valence-corrected chi connectivity index (χ0v) is 20.4. The highest BCUT2D eigenvalue weighted by molar-refractivity contribution is 5.74. The third-order valence-corrected chi connectivity index (χ3v) is 6.04. The number of aryl methyl sites for hydroxylation is 1. The number of oxazole rings is 1. The first-order valence-electron chi connectivity index (χ1n) is 11.8. The van der Waals surface area contributed by atoms with Crippen molar-refractivity contribution in [2.24, 2.45) is 0 Å². The van der Waals surface area contributed by atoms with Crippen LogP contribution in [0.15, 0.2) is 83.3 Å². The fourth-order valence-electron chi connectivity index (χ4n) is 3.99. The molecule has 1 atom stereocenters. The van der Waals surface area contributed by atoms with Gasteiger partial charge in [-0.2, -0.15) is 0 Å². The highest BCUT2D eigenvalue weighted by Gasteiger charge is 2.23. The Bertz CT molecular complexity index is 1270. The van der Waals surface area contributed by atoms with Crippen LogP contribution in [0.1, 0.15) is 22.6 Å². The second-order valence-corrected chi connectivity index (χ2v) is 8.73. The zero-order chi connectivity index (χ0) is 25.5. The van der Waals surface area contributed by atoms with Crippen molar-refractivity contribution in [1.82, 2.24) is 9.88 Å². The molecule has 0 amide bonds. The normalized spacial score (nSPS) is 12.0. The molecule has 1 heterocycles. The van der Waals surface area contributed by atoms with Crippen molar-refractivity contribution in [3.63, 3.8) is 0 Å². The number of carbonyl (C=O) groups is 1. The van der Waals surface area contributed by atoms with Crippen molar-refractivity contribution in [1.29, 1.82) is 0 Å². The lowest BCUT2D eigenvalue weighted by atomic mass is 10.0. The molecule has 4 aromatic rings. The van der Waals surface area contributed by atoms with Crippen LogP contribution in [-0.4, -0.2) is 40.7 Å². The van der Waals surface area contributed by atoms with E-state index in [4.69, 9.17) is 9.15 Å². The molecule has 0 spiro atoms. The number of aliphatic carboxylic acids is 1. The van der Waals surface area contributed by atoms with Gasteiger partial charge in [0.15, 0.2) is 0 Å². The lowest BCUT2D eigenvalue weighted by Crippen LogP contribution is -2.39. The van der Waals surface area contributed by atoms with Gasteiger partial charge in [-0.05, 0) is 67.9 Å². The van der Waals surface area contributed by atoms with Gasteiger partial charge < -0.3 is 14.3 Å². The van der Waals surface area contributed by atoms with Gasteiger partial charge in [0.05, 0.1) is 12.3 Å². The fraction of sp³-hybridized carbons (Fsp3) is 0.241. The first kappa shape index (κ1) is 25.1. The lowest BCUT2D eigenvalue weighted by molar-refractivity contribution is -0.142. The fourth-order valence-corrected chi connectivity index (χ4v) is 3.99. The molecule has 0 saturated carbocycles. The molecule has 0 aliphatic carbocycles. The molecule has 1 N–H and O–H groups in total. The highest BCUT2D eigenvalue weighted by Crippen LogP contribution is 2.22. The third-order valence-electron chi connectivity index (χ3n) is 6.04. The summed E-state index contributed by atoms with van der Waals surface area (Å²) in [4.78, 5) is 18.3. The van der Waals surface area contributed by atoms with Crippen LogP contribution in [0.25, 0.3) is 11.5 Å². The molecule has 0 radical (unpaired) electrons. The summed E-state index contributed by atoms with van der Waals surface area (Å²) in [6.45, 7) is 2.75. The molecule has 186 valence electrons. The smallest absolute Gasteiger partial charge is 0.321 e. The number of aromatic nitrogens is 1. The maximum atomic E-state index is 13.2. The van der Waals surface area contributed by atoms with E-state index in [9.17, 15) is 14.3 Å². The van der Waals surface area contributed by atoms with E-state index >= 15 is 0 Å². The zero-order valence-electron chi connectivity index (χ0n) is 20.4. The number of benzene rings is 3. The molecule has 0 bridgehead atoms. The summed E-state index contributed by atoms with van der Waals surface area (Å²) in [5.74, 6) is 0.862. The van der Waals surface area contributed by atoms with Crippen LogP contribution in [-0.2, 0) is 24.2 Å². The van der Waals surface area contributed by atoms with E-state index in [1.54, 1.807) is 24.1 Å². The third kappa shape index (κ3) is 6.58. The van der Waals surface area contributed by atoms with Crippen LogP contribution < -0.4 is 4.74 Å². The van der Waals surface area contributed by atoms with Crippen molar-refractivity contribution < 1.29 is 23.4 Å². The largest absolute Gasteiger partial charge is 0.493 e. The second kappa shape index (κ2) is 11.6. The van der Waals surface area contributed by atoms with Crippen molar-refractivity contribution in [2.75, 3.05) is 13.7 Å². The number of ether oxygens (including phenoxy) is 1. The number of hydrogen-bond donors (Lipinski definition) is 1. The van der Waals surface area contributed by atoms with E-state index in [0.29, 0.717) is 37.6 Å². The standard InChI is InChI=1S/C29H29FN2O4/c1-20-26(31-28(36-20)23-6-4-3-5-7-23)16-17-35-25-14-10-21(11-15-25)18-27(29(33)34)32(2)19-22-8-12-24(30)13-9-22/h3-15,27H,16-19H2,1-2H3,(H,33,34). The molecule has 0 aliphatic heterocycles. The topological polar surface area (TPSA) is 75.8 Å². The minimum atomic E-state index is -0.905. The Balaban J connectivity index is 1.31. The van der Waals surface area contributed by atoms with E-state index in [0.717, 1.165) is 28.1 Å². The Morgan fingerprint density at radius 3 is 2.36 bits per heavy atom. The Kier molecular flexibility index (Phi) is 8.13. The number of rotatable bonds is 11. The van der Waals surface area contributed by atoms with Crippen LogP contribution in [0.3, 0.4) is 0 Å². The number of likely N-dealkylation sites (N-methyl/N-ethyl adjacent to an activating group) is 1. The SMILES string of the molecule is Cc1oc(-c2ccccc2)nc1CCOc1ccc(CC(C(=O)O)N(C)Cc2ccc(F)cc2)cc1.